The molecule has 9 nitrogen and oxygen atoms in total. The number of hydrogen-bond acceptors (Lipinski definition) is 6. The number of pyridine rings is 1. The lowest BCUT2D eigenvalue weighted by atomic mass is 9.72. The number of carbonyl (C=O) groups is 2. The van der Waals surface area contributed by atoms with Crippen LogP contribution in [0.4, 0.5) is 11.4 Å². The lowest BCUT2D eigenvalue weighted by Crippen LogP contribution is -2.73. The van der Waals surface area contributed by atoms with Crippen molar-refractivity contribution in [2.45, 2.75) is 26.3 Å². The zero-order chi connectivity index (χ0) is 24.5. The standard InChI is InChI=1S/C26H25N7O2/c1-16-9-29-22(30-16)24(35)32-14-26(15-32)12-31(13-26)18-7-19(11-28-10-18)33-23(34)20-5-4-17(8-27)6-21(20)25(33,2)3/h4-7,9-11H,12-15H2,1-3H3,(H,29,30). The van der Waals surface area contributed by atoms with E-state index in [1.54, 1.807) is 35.5 Å². The van der Waals surface area contributed by atoms with Gasteiger partial charge in [-0.05, 0) is 50.6 Å². The number of anilines is 2. The van der Waals surface area contributed by atoms with Crippen LogP contribution >= 0.6 is 0 Å². The van der Waals surface area contributed by atoms with Gasteiger partial charge in [0.1, 0.15) is 0 Å². The molecule has 35 heavy (non-hydrogen) atoms. The van der Waals surface area contributed by atoms with Crippen LogP contribution in [0.25, 0.3) is 0 Å². The van der Waals surface area contributed by atoms with Crippen LogP contribution in [0.5, 0.6) is 0 Å². The van der Waals surface area contributed by atoms with E-state index in [4.69, 9.17) is 0 Å². The molecule has 0 atom stereocenters. The smallest absolute Gasteiger partial charge is 0.289 e. The Hall–Kier alpha value is -4.19. The van der Waals surface area contributed by atoms with Gasteiger partial charge < -0.3 is 14.8 Å². The van der Waals surface area contributed by atoms with Crippen LogP contribution in [0.1, 0.15) is 51.6 Å². The third kappa shape index (κ3) is 3.13. The molecule has 1 aromatic carbocycles. The van der Waals surface area contributed by atoms with Crippen LogP contribution < -0.4 is 9.80 Å². The van der Waals surface area contributed by atoms with Crippen LogP contribution in [0.15, 0.2) is 42.9 Å². The first-order chi connectivity index (χ1) is 16.7. The molecule has 5 heterocycles. The summed E-state index contributed by atoms with van der Waals surface area (Å²) in [6.07, 6.45) is 5.27. The summed E-state index contributed by atoms with van der Waals surface area (Å²) in [4.78, 5) is 43.4. The van der Waals surface area contributed by atoms with Crippen LogP contribution in [-0.4, -0.2) is 57.8 Å². The predicted molar refractivity (Wildman–Crippen MR) is 129 cm³/mol. The van der Waals surface area contributed by atoms with E-state index < -0.39 is 5.54 Å². The highest BCUT2D eigenvalue weighted by Crippen LogP contribution is 2.45. The third-order valence-corrected chi connectivity index (χ3v) is 7.43. The fraction of sp³-hybridized carbons (Fsp3) is 0.346. The number of aromatic amines is 1. The average Bonchev–Trinajstić information content (AvgIpc) is 3.30. The molecule has 2 aromatic heterocycles. The van der Waals surface area contributed by atoms with Gasteiger partial charge in [-0.3, -0.25) is 19.5 Å². The minimum Gasteiger partial charge on any atom is -0.369 e. The Balaban J connectivity index is 1.17. The number of carbonyl (C=O) groups excluding carboxylic acids is 2. The number of benzene rings is 1. The van der Waals surface area contributed by atoms with E-state index in [2.05, 4.69) is 25.9 Å². The summed E-state index contributed by atoms with van der Waals surface area (Å²) < 4.78 is 0. The van der Waals surface area contributed by atoms with Crippen molar-refractivity contribution in [3.8, 4) is 6.07 Å². The fourth-order valence-corrected chi connectivity index (χ4v) is 5.68. The minimum absolute atomic E-state index is 0.0558. The van der Waals surface area contributed by atoms with Gasteiger partial charge in [0.25, 0.3) is 11.8 Å². The minimum atomic E-state index is -0.602. The molecule has 1 N–H and O–H groups in total. The molecular weight excluding hydrogens is 442 g/mol. The molecule has 0 saturated carbocycles. The second kappa shape index (κ2) is 7.15. The third-order valence-electron chi connectivity index (χ3n) is 7.43. The second-order valence-corrected chi connectivity index (χ2v) is 10.4. The number of nitriles is 1. The highest BCUT2D eigenvalue weighted by molar-refractivity contribution is 6.12. The van der Waals surface area contributed by atoms with E-state index in [9.17, 15) is 14.9 Å². The van der Waals surface area contributed by atoms with Gasteiger partial charge in [-0.15, -0.1) is 0 Å². The van der Waals surface area contributed by atoms with Gasteiger partial charge in [0, 0.05) is 43.4 Å². The Bertz CT molecular complexity index is 1420. The summed E-state index contributed by atoms with van der Waals surface area (Å²) >= 11 is 0. The molecule has 2 amide bonds. The summed E-state index contributed by atoms with van der Waals surface area (Å²) in [6, 6.07) is 9.39. The summed E-state index contributed by atoms with van der Waals surface area (Å²) in [5.41, 5.74) is 3.99. The van der Waals surface area contributed by atoms with Gasteiger partial charge in [-0.1, -0.05) is 0 Å². The van der Waals surface area contributed by atoms with Crippen molar-refractivity contribution >= 4 is 23.2 Å². The Morgan fingerprint density at radius 1 is 1.11 bits per heavy atom. The van der Waals surface area contributed by atoms with Crippen molar-refractivity contribution in [1.29, 1.82) is 5.26 Å². The van der Waals surface area contributed by atoms with Gasteiger partial charge in [0.05, 0.1) is 46.6 Å². The number of amides is 2. The molecule has 9 heteroatoms. The Labute approximate surface area is 203 Å². The first-order valence-corrected chi connectivity index (χ1v) is 11.6. The van der Waals surface area contributed by atoms with Crippen molar-refractivity contribution in [3.05, 3.63) is 71.1 Å². The number of fused-ring (bicyclic) bond motifs is 1. The molecule has 3 aliphatic heterocycles. The first-order valence-electron chi connectivity index (χ1n) is 11.6. The van der Waals surface area contributed by atoms with Crippen molar-refractivity contribution in [2.75, 3.05) is 36.0 Å². The lowest BCUT2D eigenvalue weighted by molar-refractivity contribution is -0.0112. The maximum Gasteiger partial charge on any atom is 0.289 e. The first kappa shape index (κ1) is 21.4. The second-order valence-electron chi connectivity index (χ2n) is 10.4. The van der Waals surface area contributed by atoms with Crippen molar-refractivity contribution in [1.82, 2.24) is 19.9 Å². The zero-order valence-electron chi connectivity index (χ0n) is 19.9. The van der Waals surface area contributed by atoms with Crippen molar-refractivity contribution in [2.24, 2.45) is 5.41 Å². The topological polar surface area (TPSA) is 109 Å². The van der Waals surface area contributed by atoms with Crippen LogP contribution in [-0.2, 0) is 5.54 Å². The molecule has 0 aliphatic carbocycles. The summed E-state index contributed by atoms with van der Waals surface area (Å²) in [5, 5.41) is 9.30. The average molecular weight is 468 g/mol. The number of imidazole rings is 1. The van der Waals surface area contributed by atoms with E-state index >= 15 is 0 Å². The molecule has 2 saturated heterocycles. The highest BCUT2D eigenvalue weighted by Gasteiger charge is 2.54. The number of rotatable bonds is 3. The summed E-state index contributed by atoms with van der Waals surface area (Å²) in [5.74, 6) is 0.251. The van der Waals surface area contributed by atoms with Crippen LogP contribution in [0, 0.1) is 23.7 Å². The largest absolute Gasteiger partial charge is 0.369 e. The summed E-state index contributed by atoms with van der Waals surface area (Å²) in [6.45, 7) is 8.93. The zero-order valence-corrected chi connectivity index (χ0v) is 19.9. The number of hydrogen-bond donors (Lipinski definition) is 1. The molecule has 0 bridgehead atoms. The normalized spacial score (nSPS) is 19.3. The van der Waals surface area contributed by atoms with E-state index in [0.29, 0.717) is 30.0 Å². The van der Waals surface area contributed by atoms with Gasteiger partial charge in [0.15, 0.2) is 5.82 Å². The molecule has 3 aliphatic rings. The van der Waals surface area contributed by atoms with Crippen molar-refractivity contribution < 1.29 is 9.59 Å². The van der Waals surface area contributed by atoms with E-state index in [1.807, 2.05) is 37.9 Å². The molecule has 0 radical (unpaired) electrons. The Kier molecular flexibility index (Phi) is 4.36. The molecule has 1 spiro atoms. The number of H-pyrrole nitrogens is 1. The van der Waals surface area contributed by atoms with Gasteiger partial charge >= 0.3 is 0 Å². The SMILES string of the molecule is Cc1c[nH]c(C(=O)N2CC3(C2)CN(c2cncc(N4C(=O)c5ccc(C#N)cc5C4(C)C)c2)C3)n1. The molecule has 2 fully saturated rings. The Morgan fingerprint density at radius 3 is 2.54 bits per heavy atom. The maximum atomic E-state index is 13.3. The highest BCUT2D eigenvalue weighted by atomic mass is 16.2. The number of nitrogens with zero attached hydrogens (tertiary/aromatic N) is 6. The fourth-order valence-electron chi connectivity index (χ4n) is 5.68. The number of nitrogens with one attached hydrogen (secondary N) is 1. The quantitative estimate of drug-likeness (QED) is 0.634. The Morgan fingerprint density at radius 2 is 1.86 bits per heavy atom. The molecule has 3 aromatic rings. The maximum absolute atomic E-state index is 13.3. The van der Waals surface area contributed by atoms with E-state index in [1.165, 1.54) is 0 Å². The van der Waals surface area contributed by atoms with Gasteiger partial charge in [0.2, 0.25) is 0 Å². The van der Waals surface area contributed by atoms with Gasteiger partial charge in [-0.2, -0.15) is 5.26 Å². The molecular formula is C26H25N7O2. The van der Waals surface area contributed by atoms with Crippen molar-refractivity contribution in [3.63, 3.8) is 0 Å². The van der Waals surface area contributed by atoms with E-state index in [0.717, 1.165) is 35.7 Å². The predicted octanol–water partition coefficient (Wildman–Crippen LogP) is 2.84. The number of aryl methyl sites for hydroxylation is 1. The number of aromatic nitrogens is 3. The van der Waals surface area contributed by atoms with Crippen LogP contribution in [0.2, 0.25) is 0 Å². The number of likely N-dealkylation sites (tertiary alicyclic amines) is 1. The van der Waals surface area contributed by atoms with Gasteiger partial charge in [-0.25, -0.2) is 4.98 Å². The van der Waals surface area contributed by atoms with Crippen LogP contribution in [0.3, 0.4) is 0 Å². The van der Waals surface area contributed by atoms with E-state index in [-0.39, 0.29) is 17.2 Å². The lowest BCUT2D eigenvalue weighted by Gasteiger charge is -2.60. The monoisotopic (exact) mass is 467 g/mol. The molecule has 0 unspecified atom stereocenters. The molecule has 6 rings (SSSR count). The molecule has 176 valence electrons. The summed E-state index contributed by atoms with van der Waals surface area (Å²) in [7, 11) is 0.